The van der Waals surface area contributed by atoms with Gasteiger partial charge in [0.05, 0.1) is 21.0 Å². The van der Waals surface area contributed by atoms with Crippen molar-refractivity contribution in [1.29, 1.82) is 0 Å². The van der Waals surface area contributed by atoms with Gasteiger partial charge in [0.2, 0.25) is 10.1 Å². The van der Waals surface area contributed by atoms with E-state index in [1.54, 1.807) is 0 Å². The summed E-state index contributed by atoms with van der Waals surface area (Å²) in [5.74, 6) is -0.687. The Balaban J connectivity index is 2.47. The highest BCUT2D eigenvalue weighted by Gasteiger charge is 2.36. The van der Waals surface area contributed by atoms with E-state index >= 15 is 0 Å². The third kappa shape index (κ3) is 7.13. The van der Waals surface area contributed by atoms with Crippen LogP contribution in [0, 0.1) is 0 Å². The van der Waals surface area contributed by atoms with E-state index in [0.29, 0.717) is 0 Å². The first kappa shape index (κ1) is 17.2. The lowest BCUT2D eigenvalue weighted by atomic mass is 10.2. The number of hydrogen-bond acceptors (Lipinski definition) is 6. The van der Waals surface area contributed by atoms with Crippen LogP contribution in [0.3, 0.4) is 0 Å². The first-order valence-corrected chi connectivity index (χ1v) is 7.36. The fraction of sp³-hybridized carbons (Fsp3) is 0.833. The van der Waals surface area contributed by atoms with Gasteiger partial charge in [-0.05, 0) is 6.92 Å². The maximum Gasteiger partial charge on any atom is 0.306 e. The Labute approximate surface area is 139 Å². The van der Waals surface area contributed by atoms with E-state index in [9.17, 15) is 14.7 Å². The van der Waals surface area contributed by atoms with Crippen molar-refractivity contribution in [3.8, 4) is 0 Å². The van der Waals surface area contributed by atoms with Crippen molar-refractivity contribution in [3.63, 3.8) is 0 Å². The largest absolute Gasteiger partial charge is 0.459 e. The number of Topliss-reactive ketones (excluding diaryl/α,β-unsaturated/α-hetero) is 1. The van der Waals surface area contributed by atoms with Crippen molar-refractivity contribution in [2.75, 3.05) is 13.2 Å². The molecule has 0 bridgehead atoms. The van der Waals surface area contributed by atoms with Crippen molar-refractivity contribution in [3.05, 3.63) is 0 Å². The molecule has 0 amide bonds. The lowest BCUT2D eigenvalue weighted by Crippen LogP contribution is -2.36. The van der Waals surface area contributed by atoms with E-state index in [0.717, 1.165) is 0 Å². The van der Waals surface area contributed by atoms with Crippen molar-refractivity contribution in [1.82, 2.24) is 0 Å². The predicted molar refractivity (Wildman–Crippen MR) is 76.4 cm³/mol. The highest BCUT2D eigenvalue weighted by atomic mass is 35.6. The van der Waals surface area contributed by atoms with Gasteiger partial charge in [-0.2, -0.15) is 0 Å². The molecule has 1 aliphatic heterocycles. The van der Waals surface area contributed by atoms with Crippen molar-refractivity contribution in [2.24, 2.45) is 0 Å². The zero-order valence-electron chi connectivity index (χ0n) is 12.3. The van der Waals surface area contributed by atoms with Gasteiger partial charge < -0.3 is 24.1 Å². The summed E-state index contributed by atoms with van der Waals surface area (Å²) < 4.78 is 20.9. The molecule has 0 aromatic carbocycles. The molecule has 0 aromatic heterocycles. The molecule has 0 aromatic rings. The molecule has 1 aliphatic rings. The molecule has 122 valence electrons. The Morgan fingerprint density at radius 1 is 1.48 bits per heavy atom. The zero-order valence-corrected chi connectivity index (χ0v) is 13.5. The molecule has 21 heavy (non-hydrogen) atoms. The predicted octanol–water partition coefficient (Wildman–Crippen LogP) is 1.76. The Morgan fingerprint density at radius 3 is 2.71 bits per heavy atom. The van der Waals surface area contributed by atoms with Crippen LogP contribution in [0.2, 0.25) is 0 Å². The Kier molecular flexibility index (Phi) is 6.98. The first-order chi connectivity index (χ1) is 10.1. The van der Waals surface area contributed by atoms with Crippen molar-refractivity contribution >= 4 is 46.6 Å². The van der Waals surface area contributed by atoms with Gasteiger partial charge in [-0.15, -0.1) is 0 Å². The number of aliphatic hydroxyl groups excluding tert-OH is 1. The van der Waals surface area contributed by atoms with Gasteiger partial charge in [0.1, 0.15) is 18.0 Å². The summed E-state index contributed by atoms with van der Waals surface area (Å²) in [6.07, 6.45) is -2.96. The summed E-state index contributed by atoms with van der Waals surface area (Å²) in [5.41, 5.74) is 0. The van der Waals surface area contributed by atoms with Crippen molar-refractivity contribution < 1.29 is 30.3 Å². The molecule has 1 N–H and O–H groups in total. The number of aliphatic hydroxyl groups is 1. The second-order valence-electron chi connectivity index (χ2n) is 4.53. The fourth-order valence-electron chi connectivity index (χ4n) is 1.57. The maximum atomic E-state index is 11.6. The van der Waals surface area contributed by atoms with Gasteiger partial charge in [-0.1, -0.05) is 34.8 Å². The quantitative estimate of drug-likeness (QED) is 0.420. The smallest absolute Gasteiger partial charge is 0.306 e. The molecule has 1 saturated heterocycles. The van der Waals surface area contributed by atoms with Gasteiger partial charge in [0, 0.05) is 12.8 Å². The van der Waals surface area contributed by atoms with Crippen LogP contribution in [0.1, 0.15) is 27.6 Å². The van der Waals surface area contributed by atoms with Crippen LogP contribution >= 0.6 is 34.8 Å². The van der Waals surface area contributed by atoms with Crippen LogP contribution in [0.25, 0.3) is 0 Å². The molecule has 0 radical (unpaired) electrons. The maximum absolute atomic E-state index is 11.6. The van der Waals surface area contributed by atoms with E-state index in [1.165, 1.54) is 6.92 Å². The average Bonchev–Trinajstić information content (AvgIpc) is 2.72. The van der Waals surface area contributed by atoms with Crippen LogP contribution in [0.4, 0.5) is 0 Å². The molecule has 2 unspecified atom stereocenters. The minimum atomic E-state index is -2.02. The number of carbonyl (C=O) groups is 2. The molecule has 1 rings (SSSR count). The number of carbonyl (C=O) groups excluding carboxylic acids is 2. The number of ketones is 1. The number of rotatable bonds is 7. The van der Waals surface area contributed by atoms with Gasteiger partial charge in [0.15, 0.2) is 0 Å². The normalized spacial score (nSPS) is 28.0. The lowest BCUT2D eigenvalue weighted by Gasteiger charge is -2.23. The summed E-state index contributed by atoms with van der Waals surface area (Å²) in [6.45, 7) is 0.277. The molecule has 1 heterocycles. The third-order valence-corrected chi connectivity index (χ3v) is 3.24. The van der Waals surface area contributed by atoms with Crippen LogP contribution in [0.15, 0.2) is 0 Å². The molecule has 0 spiro atoms. The second kappa shape index (κ2) is 8.50. The van der Waals surface area contributed by atoms with Gasteiger partial charge >= 0.3 is 5.97 Å². The molecule has 6 nitrogen and oxygen atoms in total. The van der Waals surface area contributed by atoms with E-state index in [4.69, 9.17) is 50.4 Å². The van der Waals surface area contributed by atoms with E-state index < -0.39 is 34.8 Å². The van der Waals surface area contributed by atoms with Crippen molar-refractivity contribution in [2.45, 2.75) is 48.5 Å². The van der Waals surface area contributed by atoms with Gasteiger partial charge in [-0.3, -0.25) is 4.79 Å². The molecular weight excluding hydrogens is 346 g/mol. The highest BCUT2D eigenvalue weighted by molar-refractivity contribution is 6.67. The topological polar surface area (TPSA) is 82.1 Å². The van der Waals surface area contributed by atoms with E-state index in [2.05, 4.69) is 0 Å². The molecule has 0 saturated carbocycles. The zero-order chi connectivity index (χ0) is 16.9. The SMILES string of the molecule is [3H][C@H]1CC(OC(=O)CCC(C)=O)[C@@H](COC(O)C(Cl)(Cl)Cl)O1. The summed E-state index contributed by atoms with van der Waals surface area (Å²) in [4.78, 5) is 22.4. The molecule has 9 heteroatoms. The fourth-order valence-corrected chi connectivity index (χ4v) is 1.76. The second-order valence-corrected chi connectivity index (χ2v) is 6.90. The number of alkyl halides is 3. The molecular formula is C12H17Cl3O6. The van der Waals surface area contributed by atoms with Crippen LogP contribution in [0.5, 0.6) is 0 Å². The van der Waals surface area contributed by atoms with E-state index in [1.807, 2.05) is 0 Å². The Bertz CT molecular complexity index is 403. The summed E-state index contributed by atoms with van der Waals surface area (Å²) >= 11 is 16.4. The van der Waals surface area contributed by atoms with Gasteiger partial charge in [-0.25, -0.2) is 0 Å². The highest BCUT2D eigenvalue weighted by Crippen LogP contribution is 2.31. The van der Waals surface area contributed by atoms with Gasteiger partial charge in [0.25, 0.3) is 0 Å². The molecule has 4 atom stereocenters. The minimum absolute atomic E-state index is 0.0428. The first-order valence-electron chi connectivity index (χ1n) is 6.80. The van der Waals surface area contributed by atoms with Crippen LogP contribution in [-0.2, 0) is 23.8 Å². The Hall–Kier alpha value is -0.110. The Morgan fingerprint density at radius 2 is 2.14 bits per heavy atom. The summed E-state index contributed by atoms with van der Waals surface area (Å²) in [5, 5.41) is 9.46. The number of halogens is 3. The lowest BCUT2D eigenvalue weighted by molar-refractivity contribution is -0.160. The third-order valence-electron chi connectivity index (χ3n) is 2.68. The minimum Gasteiger partial charge on any atom is -0.459 e. The van der Waals surface area contributed by atoms with Crippen LogP contribution < -0.4 is 0 Å². The monoisotopic (exact) mass is 364 g/mol. The summed E-state index contributed by atoms with van der Waals surface area (Å²) in [7, 11) is 0. The number of hydrogen-bond donors (Lipinski definition) is 1. The summed E-state index contributed by atoms with van der Waals surface area (Å²) in [6, 6.07) is 0. The molecule has 1 fully saturated rings. The van der Waals surface area contributed by atoms with E-state index in [-0.39, 0.29) is 31.7 Å². The average molecular weight is 366 g/mol. The van der Waals surface area contributed by atoms with Crippen LogP contribution in [-0.4, -0.2) is 52.3 Å². The number of esters is 1. The standard InChI is InChI=1S/C12H17Cl3O6/c1-7(16)2-3-10(17)21-8-4-5-19-9(8)6-20-11(18)12(13,14)15/h8-9,11,18H,2-6H2,1H3/t8?,9-,11?/m1/s1/i5T/t5-,8?,9+,11?/m0. The number of ether oxygens (including phenoxy) is 3. The molecule has 0 aliphatic carbocycles.